The van der Waals surface area contributed by atoms with Crippen LogP contribution in [0.1, 0.15) is 44.9 Å². The third kappa shape index (κ3) is 8.13. The number of carboxylic acid groups (broad SMARTS) is 1. The minimum Gasteiger partial charge on any atom is -0.478 e. The molecule has 0 saturated carbocycles. The van der Waals surface area contributed by atoms with Crippen LogP contribution in [0.3, 0.4) is 0 Å². The Hall–Kier alpha value is -3.95. The van der Waals surface area contributed by atoms with Crippen molar-refractivity contribution in [2.24, 2.45) is 0 Å². The molecule has 0 aromatic heterocycles. The molecule has 0 saturated heterocycles. The van der Waals surface area contributed by atoms with Gasteiger partial charge in [-0.15, -0.1) is 0 Å². The number of ether oxygens (including phenoxy) is 4. The number of hydrogen-bond donors (Lipinski definition) is 1. The summed E-state index contributed by atoms with van der Waals surface area (Å²) in [6.45, 7) is 8.65. The highest BCUT2D eigenvalue weighted by atomic mass is 16.6. The van der Waals surface area contributed by atoms with Crippen molar-refractivity contribution >= 4 is 29.8 Å². The summed E-state index contributed by atoms with van der Waals surface area (Å²) < 4.78 is 19.4. The first-order valence-electron chi connectivity index (χ1n) is 8.91. The van der Waals surface area contributed by atoms with Gasteiger partial charge in [0.15, 0.2) is 0 Å². The Morgan fingerprint density at radius 3 is 1.65 bits per heavy atom. The number of aromatic carboxylic acids is 1. The molecular formula is C21H22O10. The molecule has 1 N–H and O–H groups in total. The SMILES string of the molecule is C=C(C)C(=O)OCCOC(=O)c1ccc(C(=O)O)c(C(=O)OCCOC(=O)C(=C)C)c1. The number of hydrogen-bond acceptors (Lipinski definition) is 9. The van der Waals surface area contributed by atoms with E-state index in [1.165, 1.54) is 13.8 Å². The molecule has 0 radical (unpaired) electrons. The van der Waals surface area contributed by atoms with Gasteiger partial charge >= 0.3 is 29.8 Å². The van der Waals surface area contributed by atoms with E-state index >= 15 is 0 Å². The fraction of sp³-hybridized carbons (Fsp3) is 0.286. The molecule has 0 amide bonds. The molecule has 10 nitrogen and oxygen atoms in total. The van der Waals surface area contributed by atoms with Crippen LogP contribution in [0, 0.1) is 0 Å². The Morgan fingerprint density at radius 2 is 1.19 bits per heavy atom. The van der Waals surface area contributed by atoms with E-state index in [0.717, 1.165) is 18.2 Å². The topological polar surface area (TPSA) is 142 Å². The monoisotopic (exact) mass is 434 g/mol. The van der Waals surface area contributed by atoms with E-state index in [-0.39, 0.29) is 48.7 Å². The van der Waals surface area contributed by atoms with Crippen molar-refractivity contribution in [3.63, 3.8) is 0 Å². The molecule has 1 aromatic rings. The highest BCUT2D eigenvalue weighted by Crippen LogP contribution is 2.15. The molecule has 0 aliphatic heterocycles. The molecule has 0 heterocycles. The normalized spacial score (nSPS) is 9.87. The maximum atomic E-state index is 12.3. The molecule has 0 bridgehead atoms. The zero-order valence-electron chi connectivity index (χ0n) is 17.1. The Bertz CT molecular complexity index is 913. The lowest BCUT2D eigenvalue weighted by Crippen LogP contribution is -2.18. The largest absolute Gasteiger partial charge is 0.478 e. The first-order valence-corrected chi connectivity index (χ1v) is 8.91. The molecule has 31 heavy (non-hydrogen) atoms. The van der Waals surface area contributed by atoms with E-state index in [4.69, 9.17) is 18.9 Å². The van der Waals surface area contributed by atoms with Gasteiger partial charge in [0.1, 0.15) is 26.4 Å². The van der Waals surface area contributed by atoms with Crippen LogP contribution < -0.4 is 0 Å². The Labute approximate surface area is 178 Å². The van der Waals surface area contributed by atoms with Crippen LogP contribution in [0.25, 0.3) is 0 Å². The number of carbonyl (C=O) groups is 5. The number of benzene rings is 1. The van der Waals surface area contributed by atoms with Crippen molar-refractivity contribution in [2.45, 2.75) is 13.8 Å². The lowest BCUT2D eigenvalue weighted by atomic mass is 10.0. The quantitative estimate of drug-likeness (QED) is 0.237. The summed E-state index contributed by atoms with van der Waals surface area (Å²) in [7, 11) is 0. The highest BCUT2D eigenvalue weighted by Gasteiger charge is 2.21. The minimum absolute atomic E-state index is 0.114. The number of esters is 4. The molecule has 0 atom stereocenters. The molecule has 0 aliphatic rings. The fourth-order valence-corrected chi connectivity index (χ4v) is 1.97. The lowest BCUT2D eigenvalue weighted by molar-refractivity contribution is -0.140. The second-order valence-electron chi connectivity index (χ2n) is 6.17. The van der Waals surface area contributed by atoms with Crippen LogP contribution in [-0.2, 0) is 28.5 Å². The number of carboxylic acids is 1. The van der Waals surface area contributed by atoms with E-state index in [0.29, 0.717) is 0 Å². The number of carbonyl (C=O) groups excluding carboxylic acids is 4. The molecular weight excluding hydrogens is 412 g/mol. The molecule has 1 aromatic carbocycles. The highest BCUT2D eigenvalue weighted by molar-refractivity contribution is 6.04. The summed E-state index contributed by atoms with van der Waals surface area (Å²) in [6, 6.07) is 3.22. The molecule has 0 spiro atoms. The van der Waals surface area contributed by atoms with Crippen molar-refractivity contribution in [3.8, 4) is 0 Å². The van der Waals surface area contributed by atoms with Gasteiger partial charge < -0.3 is 24.1 Å². The van der Waals surface area contributed by atoms with Crippen molar-refractivity contribution in [3.05, 3.63) is 59.2 Å². The van der Waals surface area contributed by atoms with Crippen LogP contribution in [0.15, 0.2) is 42.5 Å². The average Bonchev–Trinajstić information content (AvgIpc) is 2.72. The maximum absolute atomic E-state index is 12.3. The van der Waals surface area contributed by atoms with Gasteiger partial charge in [-0.2, -0.15) is 0 Å². The van der Waals surface area contributed by atoms with Gasteiger partial charge in [-0.1, -0.05) is 13.2 Å². The molecule has 1 rings (SSSR count). The van der Waals surface area contributed by atoms with Gasteiger partial charge in [-0.25, -0.2) is 24.0 Å². The molecule has 0 fully saturated rings. The summed E-state index contributed by atoms with van der Waals surface area (Å²) >= 11 is 0. The zero-order valence-corrected chi connectivity index (χ0v) is 17.1. The van der Waals surface area contributed by atoms with E-state index in [1.807, 2.05) is 0 Å². The second kappa shape index (κ2) is 11.9. The van der Waals surface area contributed by atoms with E-state index < -0.39 is 35.4 Å². The van der Waals surface area contributed by atoms with E-state index in [1.54, 1.807) is 0 Å². The first-order chi connectivity index (χ1) is 14.5. The number of rotatable bonds is 11. The predicted molar refractivity (Wildman–Crippen MR) is 106 cm³/mol. The minimum atomic E-state index is -1.41. The van der Waals surface area contributed by atoms with Gasteiger partial charge in [0.25, 0.3) is 0 Å². The third-order valence-corrected chi connectivity index (χ3v) is 3.50. The Morgan fingerprint density at radius 1 is 0.742 bits per heavy atom. The standard InChI is InChI=1S/C21H22O10/c1-12(2)18(24)28-7-9-30-20(26)14-5-6-15(17(22)23)16(11-14)21(27)31-10-8-29-19(25)13(3)4/h5-6,11H,1,3,7-10H2,2,4H3,(H,22,23). The van der Waals surface area contributed by atoms with Crippen LogP contribution in [0.2, 0.25) is 0 Å². The Kier molecular flexibility index (Phi) is 9.64. The molecule has 166 valence electrons. The van der Waals surface area contributed by atoms with Crippen LogP contribution in [0.4, 0.5) is 0 Å². The van der Waals surface area contributed by atoms with Gasteiger partial charge in [-0.05, 0) is 32.0 Å². The smallest absolute Gasteiger partial charge is 0.339 e. The molecule has 0 aliphatic carbocycles. The second-order valence-corrected chi connectivity index (χ2v) is 6.17. The summed E-state index contributed by atoms with van der Waals surface area (Å²) in [6.07, 6.45) is 0. The van der Waals surface area contributed by atoms with Crippen LogP contribution >= 0.6 is 0 Å². The molecule has 10 heteroatoms. The van der Waals surface area contributed by atoms with Crippen molar-refractivity contribution in [1.82, 2.24) is 0 Å². The Balaban J connectivity index is 2.76. The van der Waals surface area contributed by atoms with Crippen molar-refractivity contribution in [1.29, 1.82) is 0 Å². The maximum Gasteiger partial charge on any atom is 0.339 e. The van der Waals surface area contributed by atoms with E-state index in [2.05, 4.69) is 13.2 Å². The van der Waals surface area contributed by atoms with Gasteiger partial charge in [-0.3, -0.25) is 0 Å². The van der Waals surface area contributed by atoms with Crippen LogP contribution in [-0.4, -0.2) is 61.4 Å². The predicted octanol–water partition coefficient (Wildman–Crippen LogP) is 1.94. The summed E-state index contributed by atoms with van der Waals surface area (Å²) in [4.78, 5) is 58.3. The van der Waals surface area contributed by atoms with Crippen molar-refractivity contribution in [2.75, 3.05) is 26.4 Å². The van der Waals surface area contributed by atoms with E-state index in [9.17, 15) is 29.1 Å². The van der Waals surface area contributed by atoms with Crippen LogP contribution in [0.5, 0.6) is 0 Å². The van der Waals surface area contributed by atoms with Gasteiger partial charge in [0.2, 0.25) is 0 Å². The van der Waals surface area contributed by atoms with Crippen molar-refractivity contribution < 1.29 is 48.0 Å². The van der Waals surface area contributed by atoms with Gasteiger partial charge in [0.05, 0.1) is 16.7 Å². The summed E-state index contributed by atoms with van der Waals surface area (Å²) in [5.41, 5.74) is -0.539. The fourth-order valence-electron chi connectivity index (χ4n) is 1.97. The van der Waals surface area contributed by atoms with Gasteiger partial charge in [0, 0.05) is 11.1 Å². The summed E-state index contributed by atoms with van der Waals surface area (Å²) in [5, 5.41) is 9.26. The first kappa shape index (κ1) is 25.1. The lowest BCUT2D eigenvalue weighted by Gasteiger charge is -2.10. The summed E-state index contributed by atoms with van der Waals surface area (Å²) in [5.74, 6) is -4.62. The average molecular weight is 434 g/mol. The zero-order chi connectivity index (χ0) is 23.6. The third-order valence-electron chi connectivity index (χ3n) is 3.50. The molecule has 0 unspecified atom stereocenters.